The van der Waals surface area contributed by atoms with Gasteiger partial charge in [0.25, 0.3) is 0 Å². The van der Waals surface area contributed by atoms with Crippen molar-refractivity contribution in [3.05, 3.63) is 38.3 Å². The molecule has 0 aliphatic rings. The van der Waals surface area contributed by atoms with Gasteiger partial charge in [0.2, 0.25) is 0 Å². The molecule has 126 valence electrons. The van der Waals surface area contributed by atoms with Crippen LogP contribution in [0, 0.1) is 17.0 Å². The second-order valence-electron chi connectivity index (χ2n) is 5.17. The summed E-state index contributed by atoms with van der Waals surface area (Å²) in [5.74, 6) is 1.27. The summed E-state index contributed by atoms with van der Waals surface area (Å²) in [6.07, 6.45) is 3.60. The lowest BCUT2D eigenvalue weighted by Crippen LogP contribution is -1.99. The fraction of sp³-hybridized carbons (Fsp3) is 0.357. The normalized spacial score (nSPS) is 11.1. The fourth-order valence-electron chi connectivity index (χ4n) is 2.42. The van der Waals surface area contributed by atoms with E-state index >= 15 is 0 Å². The predicted octanol–water partition coefficient (Wildman–Crippen LogP) is 3.27. The first-order valence-electron chi connectivity index (χ1n) is 7.27. The summed E-state index contributed by atoms with van der Waals surface area (Å²) in [6, 6.07) is 0. The molecule has 0 saturated heterocycles. The van der Waals surface area contributed by atoms with E-state index in [0.717, 1.165) is 23.0 Å². The zero-order valence-corrected chi connectivity index (χ0v) is 15.1. The van der Waals surface area contributed by atoms with Crippen LogP contribution in [0.1, 0.15) is 17.4 Å². The molecule has 0 spiro atoms. The summed E-state index contributed by atoms with van der Waals surface area (Å²) in [4.78, 5) is 11.5. The second kappa shape index (κ2) is 6.73. The summed E-state index contributed by atoms with van der Waals surface area (Å²) < 4.78 is 3.46. The minimum atomic E-state index is -0.459. The van der Waals surface area contributed by atoms with Crippen LogP contribution < -0.4 is 0 Å². The van der Waals surface area contributed by atoms with Crippen LogP contribution in [0.2, 0.25) is 0 Å². The van der Waals surface area contributed by atoms with Gasteiger partial charge in [0.1, 0.15) is 12.4 Å². The summed E-state index contributed by atoms with van der Waals surface area (Å²) in [6.45, 7) is 4.25. The number of nitrogens with zero attached hydrogens (tertiary/aromatic N) is 6. The third-order valence-corrected chi connectivity index (χ3v) is 5.65. The van der Waals surface area contributed by atoms with E-state index in [2.05, 4.69) is 34.5 Å². The van der Waals surface area contributed by atoms with Crippen molar-refractivity contribution in [1.82, 2.24) is 24.5 Å². The minimum absolute atomic E-state index is 0.0180. The molecule has 0 saturated carbocycles. The topological polar surface area (TPSA) is 91.7 Å². The third-order valence-electron chi connectivity index (χ3n) is 3.69. The van der Waals surface area contributed by atoms with E-state index in [1.165, 1.54) is 39.3 Å². The average Bonchev–Trinajstić information content (AvgIpc) is 3.24. The van der Waals surface area contributed by atoms with Crippen molar-refractivity contribution >= 4 is 28.8 Å². The maximum atomic E-state index is 10.7. The molecule has 0 N–H and O–H groups in total. The lowest BCUT2D eigenvalue weighted by atomic mass is 10.1. The van der Waals surface area contributed by atoms with Gasteiger partial charge in [-0.15, -0.1) is 21.5 Å². The SMILES string of the molecule is CCc1c(-c2nnc(SCn3cc([N+](=O)[O-])cn3)n2C)csc1C. The van der Waals surface area contributed by atoms with Crippen LogP contribution in [0.25, 0.3) is 11.4 Å². The van der Waals surface area contributed by atoms with E-state index in [-0.39, 0.29) is 5.69 Å². The number of rotatable bonds is 6. The average molecular weight is 364 g/mol. The van der Waals surface area contributed by atoms with E-state index in [1.54, 1.807) is 11.3 Å². The van der Waals surface area contributed by atoms with E-state index in [9.17, 15) is 10.1 Å². The van der Waals surface area contributed by atoms with Gasteiger partial charge in [0.05, 0.1) is 10.8 Å². The fourth-order valence-corrected chi connectivity index (χ4v) is 4.13. The number of hydrogen-bond donors (Lipinski definition) is 0. The van der Waals surface area contributed by atoms with Gasteiger partial charge in [0.15, 0.2) is 11.0 Å². The number of aryl methyl sites for hydroxylation is 1. The summed E-state index contributed by atoms with van der Waals surface area (Å²) >= 11 is 3.15. The predicted molar refractivity (Wildman–Crippen MR) is 93.2 cm³/mol. The van der Waals surface area contributed by atoms with E-state index in [0.29, 0.717) is 5.88 Å². The van der Waals surface area contributed by atoms with Crippen LogP contribution >= 0.6 is 23.1 Å². The highest BCUT2D eigenvalue weighted by Crippen LogP contribution is 2.32. The number of nitro groups is 1. The standard InChI is InChI=1S/C14H16N6O2S2/c1-4-11-9(2)23-7-12(11)13-16-17-14(18(13)3)24-8-19-6-10(5-15-19)20(21)22/h5-7H,4,8H2,1-3H3. The number of thiophene rings is 1. The van der Waals surface area contributed by atoms with Crippen molar-refractivity contribution in [2.45, 2.75) is 31.3 Å². The molecule has 0 atom stereocenters. The van der Waals surface area contributed by atoms with Crippen molar-refractivity contribution < 1.29 is 4.92 Å². The molecule has 24 heavy (non-hydrogen) atoms. The van der Waals surface area contributed by atoms with Crippen LogP contribution in [0.3, 0.4) is 0 Å². The Labute approximate surface area is 146 Å². The smallest absolute Gasteiger partial charge is 0.305 e. The van der Waals surface area contributed by atoms with Crippen LogP contribution in [-0.4, -0.2) is 29.5 Å². The van der Waals surface area contributed by atoms with Gasteiger partial charge in [0, 0.05) is 22.9 Å². The van der Waals surface area contributed by atoms with Gasteiger partial charge in [-0.1, -0.05) is 18.7 Å². The number of hydrogen-bond acceptors (Lipinski definition) is 7. The molecule has 0 aromatic carbocycles. The Hall–Kier alpha value is -2.20. The monoisotopic (exact) mass is 364 g/mol. The molecular formula is C14H16N6O2S2. The van der Waals surface area contributed by atoms with Gasteiger partial charge < -0.3 is 4.57 Å². The van der Waals surface area contributed by atoms with Crippen LogP contribution in [0.4, 0.5) is 5.69 Å². The van der Waals surface area contributed by atoms with Gasteiger partial charge in [-0.2, -0.15) is 5.10 Å². The molecule has 3 rings (SSSR count). The summed E-state index contributed by atoms with van der Waals surface area (Å²) in [5, 5.41) is 26.1. The van der Waals surface area contributed by atoms with Gasteiger partial charge >= 0.3 is 5.69 Å². The highest BCUT2D eigenvalue weighted by atomic mass is 32.2. The van der Waals surface area contributed by atoms with Crippen molar-refractivity contribution in [3.8, 4) is 11.4 Å². The summed E-state index contributed by atoms with van der Waals surface area (Å²) in [5.41, 5.74) is 2.40. The molecule has 3 heterocycles. The third kappa shape index (κ3) is 3.06. The van der Waals surface area contributed by atoms with Crippen molar-refractivity contribution in [2.75, 3.05) is 0 Å². The van der Waals surface area contributed by atoms with Gasteiger partial charge in [-0.3, -0.25) is 14.8 Å². The highest BCUT2D eigenvalue weighted by molar-refractivity contribution is 7.98. The van der Waals surface area contributed by atoms with Gasteiger partial charge in [-0.25, -0.2) is 0 Å². The van der Waals surface area contributed by atoms with Crippen LogP contribution in [0.5, 0.6) is 0 Å². The molecule has 3 aromatic heterocycles. The van der Waals surface area contributed by atoms with Crippen molar-refractivity contribution in [2.24, 2.45) is 7.05 Å². The molecule has 0 aliphatic heterocycles. The molecule has 0 unspecified atom stereocenters. The zero-order chi connectivity index (χ0) is 17.3. The Balaban J connectivity index is 1.78. The van der Waals surface area contributed by atoms with E-state index in [4.69, 9.17) is 0 Å². The minimum Gasteiger partial charge on any atom is -0.305 e. The lowest BCUT2D eigenvalue weighted by molar-refractivity contribution is -0.385. The molecule has 10 heteroatoms. The first-order valence-corrected chi connectivity index (χ1v) is 9.14. The molecule has 0 aliphatic carbocycles. The second-order valence-corrected chi connectivity index (χ2v) is 7.17. The van der Waals surface area contributed by atoms with E-state index in [1.807, 2.05) is 11.6 Å². The molecule has 0 bridgehead atoms. The molecule has 0 radical (unpaired) electrons. The maximum absolute atomic E-state index is 10.7. The molecule has 8 nitrogen and oxygen atoms in total. The quantitative estimate of drug-likeness (QED) is 0.379. The Bertz CT molecular complexity index is 882. The Morgan fingerprint density at radius 3 is 2.88 bits per heavy atom. The Morgan fingerprint density at radius 1 is 1.42 bits per heavy atom. The Morgan fingerprint density at radius 2 is 2.21 bits per heavy atom. The van der Waals surface area contributed by atoms with Crippen LogP contribution in [0.15, 0.2) is 22.9 Å². The molecular weight excluding hydrogens is 348 g/mol. The summed E-state index contributed by atoms with van der Waals surface area (Å²) in [7, 11) is 1.93. The molecule has 3 aromatic rings. The van der Waals surface area contributed by atoms with Crippen molar-refractivity contribution in [1.29, 1.82) is 0 Å². The number of thioether (sulfide) groups is 1. The van der Waals surface area contributed by atoms with Crippen molar-refractivity contribution in [3.63, 3.8) is 0 Å². The number of aromatic nitrogens is 5. The first-order chi connectivity index (χ1) is 11.5. The largest absolute Gasteiger partial charge is 0.307 e. The Kier molecular flexibility index (Phi) is 4.67. The first kappa shape index (κ1) is 16.7. The van der Waals surface area contributed by atoms with E-state index < -0.39 is 4.92 Å². The lowest BCUT2D eigenvalue weighted by Gasteiger charge is -2.05. The maximum Gasteiger partial charge on any atom is 0.307 e. The highest BCUT2D eigenvalue weighted by Gasteiger charge is 2.17. The molecule has 0 amide bonds. The molecule has 0 fully saturated rings. The van der Waals surface area contributed by atoms with Crippen LogP contribution in [-0.2, 0) is 19.3 Å². The van der Waals surface area contributed by atoms with Gasteiger partial charge in [-0.05, 0) is 18.9 Å². The zero-order valence-electron chi connectivity index (χ0n) is 13.5.